The van der Waals surface area contributed by atoms with E-state index in [2.05, 4.69) is 10.5 Å². The molecule has 0 saturated heterocycles. The van der Waals surface area contributed by atoms with Crippen molar-refractivity contribution in [3.8, 4) is 11.3 Å². The molecule has 0 unspecified atom stereocenters. The maximum atomic E-state index is 11.8. The molecule has 0 aliphatic carbocycles. The standard InChI is InChI=1S/C19H16N2O5/c1-12-6-8-17(25-12)18(22)21-20-11-15-7-9-16(26-15)13-4-3-5-14(10-13)19(23)24-2/h3-11H,1-2H3,(H,21,22)/b20-11-. The molecule has 0 saturated carbocycles. The van der Waals surface area contributed by atoms with E-state index >= 15 is 0 Å². The first kappa shape index (κ1) is 17.2. The van der Waals surface area contributed by atoms with E-state index in [1.165, 1.54) is 13.3 Å². The lowest BCUT2D eigenvalue weighted by Crippen LogP contribution is -2.16. The van der Waals surface area contributed by atoms with Gasteiger partial charge in [0.25, 0.3) is 0 Å². The van der Waals surface area contributed by atoms with Gasteiger partial charge in [-0.25, -0.2) is 10.2 Å². The van der Waals surface area contributed by atoms with Crippen LogP contribution >= 0.6 is 0 Å². The molecule has 26 heavy (non-hydrogen) atoms. The van der Waals surface area contributed by atoms with Crippen LogP contribution in [0.25, 0.3) is 11.3 Å². The van der Waals surface area contributed by atoms with Gasteiger partial charge in [-0.05, 0) is 43.3 Å². The van der Waals surface area contributed by atoms with Gasteiger partial charge in [-0.15, -0.1) is 0 Å². The average molecular weight is 352 g/mol. The molecule has 1 N–H and O–H groups in total. The predicted molar refractivity (Wildman–Crippen MR) is 94.0 cm³/mol. The molecule has 7 nitrogen and oxygen atoms in total. The smallest absolute Gasteiger partial charge is 0.337 e. The number of benzene rings is 1. The van der Waals surface area contributed by atoms with Gasteiger partial charge < -0.3 is 13.6 Å². The fourth-order valence-electron chi connectivity index (χ4n) is 2.26. The Hall–Kier alpha value is -3.61. The lowest BCUT2D eigenvalue weighted by atomic mass is 10.1. The van der Waals surface area contributed by atoms with Gasteiger partial charge in [0.05, 0.1) is 18.9 Å². The van der Waals surface area contributed by atoms with Gasteiger partial charge >= 0.3 is 11.9 Å². The van der Waals surface area contributed by atoms with Crippen molar-refractivity contribution in [2.75, 3.05) is 7.11 Å². The summed E-state index contributed by atoms with van der Waals surface area (Å²) in [5.41, 5.74) is 3.51. The highest BCUT2D eigenvalue weighted by Crippen LogP contribution is 2.22. The predicted octanol–water partition coefficient (Wildman–Crippen LogP) is 3.40. The second-order valence-electron chi connectivity index (χ2n) is 5.38. The molecule has 1 aromatic carbocycles. The summed E-state index contributed by atoms with van der Waals surface area (Å²) in [7, 11) is 1.33. The van der Waals surface area contributed by atoms with Crippen LogP contribution in [0.4, 0.5) is 0 Å². The number of rotatable bonds is 5. The Morgan fingerprint density at radius 1 is 1.12 bits per heavy atom. The van der Waals surface area contributed by atoms with E-state index in [1.807, 2.05) is 6.07 Å². The third-order valence-electron chi connectivity index (χ3n) is 3.52. The molecule has 0 atom stereocenters. The normalized spacial score (nSPS) is 10.8. The van der Waals surface area contributed by atoms with E-state index < -0.39 is 11.9 Å². The Kier molecular flexibility index (Phi) is 4.98. The summed E-state index contributed by atoms with van der Waals surface area (Å²) in [4.78, 5) is 23.4. The van der Waals surface area contributed by atoms with Gasteiger partial charge in [0.15, 0.2) is 5.76 Å². The number of hydrazone groups is 1. The number of aryl methyl sites for hydroxylation is 1. The molecular formula is C19H16N2O5. The highest BCUT2D eigenvalue weighted by molar-refractivity contribution is 5.92. The van der Waals surface area contributed by atoms with Crippen LogP contribution in [0.2, 0.25) is 0 Å². The van der Waals surface area contributed by atoms with Crippen molar-refractivity contribution in [2.45, 2.75) is 6.92 Å². The number of methoxy groups -OCH3 is 1. The quantitative estimate of drug-likeness (QED) is 0.431. The monoisotopic (exact) mass is 352 g/mol. The van der Waals surface area contributed by atoms with E-state index in [4.69, 9.17) is 13.6 Å². The van der Waals surface area contributed by atoms with Crippen LogP contribution in [0.5, 0.6) is 0 Å². The van der Waals surface area contributed by atoms with Crippen molar-refractivity contribution < 1.29 is 23.2 Å². The van der Waals surface area contributed by atoms with Gasteiger partial charge in [0, 0.05) is 5.56 Å². The summed E-state index contributed by atoms with van der Waals surface area (Å²) in [6.45, 7) is 1.75. The van der Waals surface area contributed by atoms with Crippen molar-refractivity contribution in [3.63, 3.8) is 0 Å². The van der Waals surface area contributed by atoms with E-state index in [1.54, 1.807) is 49.4 Å². The highest BCUT2D eigenvalue weighted by Gasteiger charge is 2.10. The van der Waals surface area contributed by atoms with Gasteiger partial charge in [-0.2, -0.15) is 5.10 Å². The minimum atomic E-state index is -0.452. The molecule has 0 fully saturated rings. The molecule has 0 spiro atoms. The number of furan rings is 2. The van der Waals surface area contributed by atoms with E-state index in [9.17, 15) is 9.59 Å². The Labute approximate surface area is 149 Å². The first-order valence-electron chi connectivity index (χ1n) is 7.75. The molecule has 0 aliphatic heterocycles. The lowest BCUT2D eigenvalue weighted by molar-refractivity contribution is 0.0600. The van der Waals surface area contributed by atoms with Gasteiger partial charge in [-0.1, -0.05) is 12.1 Å². The molecule has 3 aromatic rings. The Morgan fingerprint density at radius 3 is 2.69 bits per heavy atom. The molecule has 3 rings (SSSR count). The number of carbonyl (C=O) groups excluding carboxylic acids is 2. The first-order chi connectivity index (χ1) is 12.6. The Bertz CT molecular complexity index is 968. The molecule has 0 radical (unpaired) electrons. The van der Waals surface area contributed by atoms with Crippen LogP contribution in [0, 0.1) is 6.92 Å². The summed E-state index contributed by atoms with van der Waals surface area (Å²) < 4.78 is 15.6. The SMILES string of the molecule is COC(=O)c1cccc(-c2ccc(/C=N\NC(=O)c3ccc(C)o3)o2)c1. The number of ether oxygens (including phenoxy) is 1. The third-order valence-corrected chi connectivity index (χ3v) is 3.52. The summed E-state index contributed by atoms with van der Waals surface area (Å²) >= 11 is 0. The third kappa shape index (κ3) is 3.89. The minimum Gasteiger partial charge on any atom is -0.465 e. The molecule has 7 heteroatoms. The van der Waals surface area contributed by atoms with Crippen molar-refractivity contribution in [3.05, 3.63) is 71.4 Å². The zero-order chi connectivity index (χ0) is 18.5. The average Bonchev–Trinajstić information content (AvgIpc) is 3.30. The maximum absolute atomic E-state index is 11.8. The number of esters is 1. The molecule has 0 aliphatic rings. The van der Waals surface area contributed by atoms with Crippen LogP contribution in [0.15, 0.2) is 62.5 Å². The summed E-state index contributed by atoms with van der Waals surface area (Å²) in [6.07, 6.45) is 1.38. The highest BCUT2D eigenvalue weighted by atomic mass is 16.5. The molecule has 132 valence electrons. The van der Waals surface area contributed by atoms with Gasteiger partial charge in [-0.3, -0.25) is 4.79 Å². The van der Waals surface area contributed by atoms with Crippen LogP contribution < -0.4 is 5.43 Å². The van der Waals surface area contributed by atoms with Gasteiger partial charge in [0.1, 0.15) is 17.3 Å². The van der Waals surface area contributed by atoms with Crippen molar-refractivity contribution in [1.29, 1.82) is 0 Å². The zero-order valence-corrected chi connectivity index (χ0v) is 14.2. The molecule has 2 heterocycles. The topological polar surface area (TPSA) is 94.0 Å². The van der Waals surface area contributed by atoms with Crippen LogP contribution in [0.1, 0.15) is 32.4 Å². The Balaban J connectivity index is 1.68. The summed E-state index contributed by atoms with van der Waals surface area (Å²) in [5.74, 6) is 0.955. The lowest BCUT2D eigenvalue weighted by Gasteiger charge is -2.01. The maximum Gasteiger partial charge on any atom is 0.337 e. The number of nitrogens with one attached hydrogen (secondary N) is 1. The van der Waals surface area contributed by atoms with E-state index in [0.29, 0.717) is 22.8 Å². The first-order valence-corrected chi connectivity index (χ1v) is 7.75. The minimum absolute atomic E-state index is 0.180. The second kappa shape index (κ2) is 7.52. The van der Waals surface area contributed by atoms with Gasteiger partial charge in [0.2, 0.25) is 0 Å². The summed E-state index contributed by atoms with van der Waals surface area (Å²) in [5, 5.41) is 3.84. The van der Waals surface area contributed by atoms with Crippen LogP contribution in [-0.2, 0) is 4.74 Å². The molecule has 2 aromatic heterocycles. The van der Waals surface area contributed by atoms with Crippen molar-refractivity contribution in [2.24, 2.45) is 5.10 Å². The van der Waals surface area contributed by atoms with E-state index in [0.717, 1.165) is 5.56 Å². The molecule has 1 amide bonds. The fourth-order valence-corrected chi connectivity index (χ4v) is 2.26. The zero-order valence-electron chi connectivity index (χ0n) is 14.2. The molecule has 0 bridgehead atoms. The largest absolute Gasteiger partial charge is 0.465 e. The number of nitrogens with zero attached hydrogens (tertiary/aromatic N) is 1. The van der Waals surface area contributed by atoms with Crippen LogP contribution in [-0.4, -0.2) is 25.2 Å². The van der Waals surface area contributed by atoms with Crippen LogP contribution in [0.3, 0.4) is 0 Å². The van der Waals surface area contributed by atoms with Crippen molar-refractivity contribution in [1.82, 2.24) is 5.43 Å². The number of hydrogen-bond acceptors (Lipinski definition) is 6. The van der Waals surface area contributed by atoms with E-state index in [-0.39, 0.29) is 5.76 Å². The fraction of sp³-hybridized carbons (Fsp3) is 0.105. The molecular weight excluding hydrogens is 336 g/mol. The number of amides is 1. The summed E-state index contributed by atoms with van der Waals surface area (Å²) in [6, 6.07) is 13.6. The number of carbonyl (C=O) groups is 2. The van der Waals surface area contributed by atoms with Crippen molar-refractivity contribution >= 4 is 18.1 Å². The number of hydrogen-bond donors (Lipinski definition) is 1. The Morgan fingerprint density at radius 2 is 1.96 bits per heavy atom. The second-order valence-corrected chi connectivity index (χ2v) is 5.38.